The van der Waals surface area contributed by atoms with Crippen LogP contribution >= 0.6 is 0 Å². The first kappa shape index (κ1) is 10.9. The second-order valence-electron chi connectivity index (χ2n) is 3.26. The molecule has 0 spiro atoms. The summed E-state index contributed by atoms with van der Waals surface area (Å²) in [6.07, 6.45) is 0. The molecule has 88 valence electrons. The van der Waals surface area contributed by atoms with Gasteiger partial charge in [-0.3, -0.25) is 14.9 Å². The number of nitro groups is 1. The van der Waals surface area contributed by atoms with Gasteiger partial charge in [0.2, 0.25) is 0 Å². The minimum atomic E-state index is -0.783. The molecule has 1 aromatic heterocycles. The zero-order valence-corrected chi connectivity index (χ0v) is 8.80. The molecule has 2 N–H and O–H groups in total. The number of carbonyl (C=O) groups excluding carboxylic acids is 1. The summed E-state index contributed by atoms with van der Waals surface area (Å²) in [5.74, 6) is -0.815. The molecule has 2 rings (SSSR count). The lowest BCUT2D eigenvalue weighted by atomic mass is 10.2. The summed E-state index contributed by atoms with van der Waals surface area (Å²) in [5, 5.41) is 11.1. The van der Waals surface area contributed by atoms with E-state index >= 15 is 0 Å². The van der Waals surface area contributed by atoms with Gasteiger partial charge >= 0.3 is 5.69 Å². The lowest BCUT2D eigenvalue weighted by molar-refractivity contribution is -0.383. The maximum Gasteiger partial charge on any atom is 0.321 e. The highest BCUT2D eigenvalue weighted by Gasteiger charge is 2.23. The van der Waals surface area contributed by atoms with Gasteiger partial charge in [-0.05, 0) is 12.1 Å². The third kappa shape index (κ3) is 1.67. The van der Waals surface area contributed by atoms with Crippen molar-refractivity contribution in [1.82, 2.24) is 0 Å². The quantitative estimate of drug-likeness (QED) is 0.640. The second kappa shape index (κ2) is 3.78. The predicted octanol–water partition coefficient (Wildman–Crippen LogP) is 1.45. The van der Waals surface area contributed by atoms with E-state index in [0.29, 0.717) is 0 Å². The van der Waals surface area contributed by atoms with Crippen LogP contribution in [0.5, 0.6) is 5.75 Å². The number of ether oxygens (including phenoxy) is 1. The van der Waals surface area contributed by atoms with E-state index in [1.165, 1.54) is 25.3 Å². The number of carbonyl (C=O) groups is 1. The number of nitrogens with two attached hydrogens (primary N) is 1. The van der Waals surface area contributed by atoms with Gasteiger partial charge < -0.3 is 14.9 Å². The first-order valence-electron chi connectivity index (χ1n) is 4.59. The van der Waals surface area contributed by atoms with Gasteiger partial charge in [0.25, 0.3) is 5.91 Å². The molecule has 0 aliphatic heterocycles. The third-order valence-corrected chi connectivity index (χ3v) is 2.28. The third-order valence-electron chi connectivity index (χ3n) is 2.28. The van der Waals surface area contributed by atoms with Gasteiger partial charge in [0.1, 0.15) is 11.0 Å². The molecule has 0 aliphatic rings. The van der Waals surface area contributed by atoms with Crippen LogP contribution in [-0.4, -0.2) is 17.9 Å². The Morgan fingerprint density at radius 2 is 2.24 bits per heavy atom. The van der Waals surface area contributed by atoms with E-state index in [2.05, 4.69) is 0 Å². The average molecular weight is 236 g/mol. The number of rotatable bonds is 3. The van der Waals surface area contributed by atoms with E-state index in [0.717, 1.165) is 0 Å². The number of primary amides is 1. The van der Waals surface area contributed by atoms with Crippen LogP contribution < -0.4 is 10.5 Å². The van der Waals surface area contributed by atoms with Gasteiger partial charge in [0, 0.05) is 6.07 Å². The number of benzene rings is 1. The normalized spacial score (nSPS) is 10.4. The molecule has 0 atom stereocenters. The van der Waals surface area contributed by atoms with E-state index in [-0.39, 0.29) is 28.2 Å². The van der Waals surface area contributed by atoms with E-state index in [4.69, 9.17) is 14.9 Å². The van der Waals surface area contributed by atoms with Crippen LogP contribution in [0.25, 0.3) is 11.0 Å². The largest absolute Gasteiger partial charge is 0.490 e. The highest BCUT2D eigenvalue weighted by Crippen LogP contribution is 2.36. The Morgan fingerprint density at radius 1 is 1.53 bits per heavy atom. The monoisotopic (exact) mass is 236 g/mol. The van der Waals surface area contributed by atoms with Crippen molar-refractivity contribution in [3.63, 3.8) is 0 Å². The van der Waals surface area contributed by atoms with Crippen LogP contribution in [0.1, 0.15) is 10.6 Å². The molecule has 1 amide bonds. The number of methoxy groups -OCH3 is 1. The lowest BCUT2D eigenvalue weighted by Crippen LogP contribution is -2.09. The molecular formula is C10H8N2O5. The highest BCUT2D eigenvalue weighted by molar-refractivity contribution is 5.98. The van der Waals surface area contributed by atoms with Crippen LogP contribution in [0.2, 0.25) is 0 Å². The SMILES string of the molecule is COc1ccc2oc(C(N)=O)cc2c1[N+](=O)[O-]. The molecule has 0 saturated carbocycles. The lowest BCUT2D eigenvalue weighted by Gasteiger charge is -2.00. The van der Waals surface area contributed by atoms with Gasteiger partial charge in [0.05, 0.1) is 12.0 Å². The molecule has 7 nitrogen and oxygen atoms in total. The topological polar surface area (TPSA) is 109 Å². The molecule has 0 radical (unpaired) electrons. The standard InChI is InChI=1S/C10H8N2O5/c1-16-7-3-2-6-5(9(7)12(14)15)4-8(17-6)10(11)13/h2-4H,1H3,(H2,11,13). The Hall–Kier alpha value is -2.57. The maximum absolute atomic E-state index is 10.9. The number of nitrogens with zero attached hydrogens (tertiary/aromatic N) is 1. The molecule has 0 fully saturated rings. The van der Waals surface area contributed by atoms with Gasteiger partial charge in [0.15, 0.2) is 11.5 Å². The zero-order chi connectivity index (χ0) is 12.6. The van der Waals surface area contributed by atoms with Gasteiger partial charge in [-0.2, -0.15) is 0 Å². The van der Waals surface area contributed by atoms with Crippen LogP contribution in [0, 0.1) is 10.1 Å². The number of hydrogen-bond acceptors (Lipinski definition) is 5. The van der Waals surface area contributed by atoms with Crippen molar-refractivity contribution in [2.75, 3.05) is 7.11 Å². The van der Waals surface area contributed by atoms with Crippen molar-refractivity contribution in [2.45, 2.75) is 0 Å². The fourth-order valence-corrected chi connectivity index (χ4v) is 1.55. The first-order valence-corrected chi connectivity index (χ1v) is 4.59. The Morgan fingerprint density at radius 3 is 2.76 bits per heavy atom. The number of nitro benzene ring substituents is 1. The van der Waals surface area contributed by atoms with E-state index in [1.807, 2.05) is 0 Å². The summed E-state index contributed by atoms with van der Waals surface area (Å²) in [4.78, 5) is 21.3. The summed E-state index contributed by atoms with van der Waals surface area (Å²) in [7, 11) is 1.32. The van der Waals surface area contributed by atoms with Crippen molar-refractivity contribution in [3.8, 4) is 5.75 Å². The molecule has 0 bridgehead atoms. The van der Waals surface area contributed by atoms with Gasteiger partial charge in [-0.15, -0.1) is 0 Å². The average Bonchev–Trinajstić information content (AvgIpc) is 2.70. The smallest absolute Gasteiger partial charge is 0.321 e. The number of furan rings is 1. The van der Waals surface area contributed by atoms with Gasteiger partial charge in [-0.25, -0.2) is 0 Å². The van der Waals surface area contributed by atoms with Crippen LogP contribution in [-0.2, 0) is 0 Å². The first-order chi connectivity index (χ1) is 8.04. The molecule has 2 aromatic rings. The summed E-state index contributed by atoms with van der Waals surface area (Å²) in [6.45, 7) is 0. The maximum atomic E-state index is 10.9. The second-order valence-corrected chi connectivity index (χ2v) is 3.26. The fraction of sp³-hybridized carbons (Fsp3) is 0.100. The number of fused-ring (bicyclic) bond motifs is 1. The summed E-state index contributed by atoms with van der Waals surface area (Å²) in [5.41, 5.74) is 5.01. The molecule has 7 heteroatoms. The predicted molar refractivity (Wildman–Crippen MR) is 57.9 cm³/mol. The van der Waals surface area contributed by atoms with Crippen molar-refractivity contribution < 1.29 is 18.9 Å². The van der Waals surface area contributed by atoms with Crippen LogP contribution in [0.4, 0.5) is 5.69 Å². The minimum Gasteiger partial charge on any atom is -0.490 e. The molecule has 1 aromatic carbocycles. The van der Waals surface area contributed by atoms with Crippen LogP contribution in [0.15, 0.2) is 22.6 Å². The van der Waals surface area contributed by atoms with E-state index < -0.39 is 10.8 Å². The Bertz CT molecular complexity index is 616. The van der Waals surface area contributed by atoms with Crippen molar-refractivity contribution in [2.24, 2.45) is 5.73 Å². The molecular weight excluding hydrogens is 228 g/mol. The molecule has 0 saturated heterocycles. The van der Waals surface area contributed by atoms with Crippen molar-refractivity contribution >= 4 is 22.6 Å². The van der Waals surface area contributed by atoms with Gasteiger partial charge in [-0.1, -0.05) is 0 Å². The Kier molecular flexibility index (Phi) is 2.43. The Balaban J connectivity index is 2.80. The number of hydrogen-bond donors (Lipinski definition) is 1. The molecule has 17 heavy (non-hydrogen) atoms. The number of amides is 1. The fourth-order valence-electron chi connectivity index (χ4n) is 1.55. The highest BCUT2D eigenvalue weighted by atomic mass is 16.6. The van der Waals surface area contributed by atoms with Crippen molar-refractivity contribution in [3.05, 3.63) is 34.1 Å². The summed E-state index contributed by atoms with van der Waals surface area (Å²) in [6, 6.07) is 4.11. The van der Waals surface area contributed by atoms with Crippen molar-refractivity contribution in [1.29, 1.82) is 0 Å². The summed E-state index contributed by atoms with van der Waals surface area (Å²) < 4.78 is 9.97. The minimum absolute atomic E-state index is 0.0966. The summed E-state index contributed by atoms with van der Waals surface area (Å²) >= 11 is 0. The molecule has 1 heterocycles. The molecule has 0 unspecified atom stereocenters. The van der Waals surface area contributed by atoms with Crippen LogP contribution in [0.3, 0.4) is 0 Å². The zero-order valence-electron chi connectivity index (χ0n) is 8.80. The van der Waals surface area contributed by atoms with E-state index in [1.54, 1.807) is 0 Å². The van der Waals surface area contributed by atoms with E-state index in [9.17, 15) is 14.9 Å². The Labute approximate surface area is 94.9 Å². The molecule has 0 aliphatic carbocycles.